The summed E-state index contributed by atoms with van der Waals surface area (Å²) in [6, 6.07) is 6.71. The molecule has 0 spiro atoms. The van der Waals surface area contributed by atoms with Gasteiger partial charge in [-0.3, -0.25) is 0 Å². The van der Waals surface area contributed by atoms with Gasteiger partial charge in [0.05, 0.1) is 0 Å². The van der Waals surface area contributed by atoms with Gasteiger partial charge in [-0.2, -0.15) is 0 Å². The van der Waals surface area contributed by atoms with Gasteiger partial charge in [0.25, 0.3) is 0 Å². The maximum Gasteiger partial charge on any atom is 0.0346 e. The van der Waals surface area contributed by atoms with Crippen LogP contribution in [-0.4, -0.2) is 25.5 Å². The van der Waals surface area contributed by atoms with Gasteiger partial charge in [-0.05, 0) is 50.2 Å². The third-order valence-electron chi connectivity index (χ3n) is 2.35. The lowest BCUT2D eigenvalue weighted by Crippen LogP contribution is -2.12. The molecule has 0 heterocycles. The molecular weight excluding hydrogens is 196 g/mol. The summed E-state index contributed by atoms with van der Waals surface area (Å²) < 4.78 is 0. The van der Waals surface area contributed by atoms with Crippen molar-refractivity contribution in [2.45, 2.75) is 27.3 Å². The SMILES string of the molecule is Cc1cc(CN(C)C)cc(NCC(C)C)c1. The van der Waals surface area contributed by atoms with Gasteiger partial charge in [0.15, 0.2) is 0 Å². The van der Waals surface area contributed by atoms with Gasteiger partial charge < -0.3 is 10.2 Å². The van der Waals surface area contributed by atoms with Crippen molar-refractivity contribution in [2.24, 2.45) is 5.92 Å². The minimum Gasteiger partial charge on any atom is -0.385 e. The molecular formula is C14H24N2. The van der Waals surface area contributed by atoms with Crippen LogP contribution in [0.1, 0.15) is 25.0 Å². The highest BCUT2D eigenvalue weighted by Crippen LogP contribution is 2.16. The van der Waals surface area contributed by atoms with Crippen LogP contribution in [0.15, 0.2) is 18.2 Å². The molecule has 0 bridgehead atoms. The maximum atomic E-state index is 3.48. The summed E-state index contributed by atoms with van der Waals surface area (Å²) in [6.07, 6.45) is 0. The molecule has 1 rings (SSSR count). The molecule has 0 aliphatic rings. The summed E-state index contributed by atoms with van der Waals surface area (Å²) in [4.78, 5) is 2.20. The van der Waals surface area contributed by atoms with Crippen molar-refractivity contribution in [3.63, 3.8) is 0 Å². The number of anilines is 1. The summed E-state index contributed by atoms with van der Waals surface area (Å²) in [5, 5.41) is 3.48. The Morgan fingerprint density at radius 2 is 1.88 bits per heavy atom. The van der Waals surface area contributed by atoms with Crippen molar-refractivity contribution >= 4 is 5.69 Å². The lowest BCUT2D eigenvalue weighted by Gasteiger charge is -2.14. The Morgan fingerprint density at radius 1 is 1.19 bits per heavy atom. The van der Waals surface area contributed by atoms with E-state index in [2.05, 4.69) is 63.3 Å². The zero-order chi connectivity index (χ0) is 12.1. The summed E-state index contributed by atoms with van der Waals surface area (Å²) >= 11 is 0. The summed E-state index contributed by atoms with van der Waals surface area (Å²) in [5.74, 6) is 0.679. The van der Waals surface area contributed by atoms with Crippen LogP contribution in [0, 0.1) is 12.8 Å². The Bertz CT molecular complexity index is 330. The molecule has 0 aromatic heterocycles. The van der Waals surface area contributed by atoms with E-state index < -0.39 is 0 Å². The van der Waals surface area contributed by atoms with Crippen LogP contribution in [0.4, 0.5) is 5.69 Å². The predicted octanol–water partition coefficient (Wildman–Crippen LogP) is 3.12. The first-order chi connectivity index (χ1) is 7.47. The molecule has 2 heteroatoms. The molecule has 0 radical (unpaired) electrons. The predicted molar refractivity (Wildman–Crippen MR) is 71.9 cm³/mol. The van der Waals surface area contributed by atoms with Gasteiger partial charge in [0.1, 0.15) is 0 Å². The van der Waals surface area contributed by atoms with E-state index in [9.17, 15) is 0 Å². The van der Waals surface area contributed by atoms with Gasteiger partial charge in [-0.25, -0.2) is 0 Å². The van der Waals surface area contributed by atoms with Crippen LogP contribution in [-0.2, 0) is 6.54 Å². The lowest BCUT2D eigenvalue weighted by molar-refractivity contribution is 0.402. The monoisotopic (exact) mass is 220 g/mol. The Kier molecular flexibility index (Phi) is 4.81. The zero-order valence-electron chi connectivity index (χ0n) is 11.2. The van der Waals surface area contributed by atoms with Crippen molar-refractivity contribution in [2.75, 3.05) is 26.0 Å². The first-order valence-corrected chi connectivity index (χ1v) is 5.96. The molecule has 0 atom stereocenters. The number of benzene rings is 1. The molecule has 2 nitrogen and oxygen atoms in total. The van der Waals surface area contributed by atoms with Crippen molar-refractivity contribution in [3.8, 4) is 0 Å². The fraction of sp³-hybridized carbons (Fsp3) is 0.571. The molecule has 16 heavy (non-hydrogen) atoms. The van der Waals surface area contributed by atoms with E-state index >= 15 is 0 Å². The fourth-order valence-corrected chi connectivity index (χ4v) is 1.74. The zero-order valence-corrected chi connectivity index (χ0v) is 11.2. The first-order valence-electron chi connectivity index (χ1n) is 5.96. The molecule has 0 unspecified atom stereocenters. The Labute approximate surface area is 99.7 Å². The van der Waals surface area contributed by atoms with E-state index in [1.54, 1.807) is 0 Å². The third-order valence-corrected chi connectivity index (χ3v) is 2.35. The van der Waals surface area contributed by atoms with E-state index in [0.717, 1.165) is 13.1 Å². The normalized spacial score (nSPS) is 11.2. The highest BCUT2D eigenvalue weighted by Gasteiger charge is 2.01. The summed E-state index contributed by atoms with van der Waals surface area (Å²) in [5.41, 5.74) is 3.94. The summed E-state index contributed by atoms with van der Waals surface area (Å²) in [7, 11) is 4.20. The molecule has 0 amide bonds. The smallest absolute Gasteiger partial charge is 0.0346 e. The second kappa shape index (κ2) is 5.90. The van der Waals surface area contributed by atoms with Crippen LogP contribution >= 0.6 is 0 Å². The van der Waals surface area contributed by atoms with E-state index in [-0.39, 0.29) is 0 Å². The Balaban J connectivity index is 2.73. The summed E-state index contributed by atoms with van der Waals surface area (Å²) in [6.45, 7) is 8.63. The van der Waals surface area contributed by atoms with Gasteiger partial charge in [0.2, 0.25) is 0 Å². The molecule has 1 N–H and O–H groups in total. The van der Waals surface area contributed by atoms with E-state index in [1.165, 1.54) is 16.8 Å². The number of nitrogens with zero attached hydrogens (tertiary/aromatic N) is 1. The standard InChI is InChI=1S/C14H24N2/c1-11(2)9-15-14-7-12(3)6-13(8-14)10-16(4)5/h6-8,11,15H,9-10H2,1-5H3. The third kappa shape index (κ3) is 4.67. The molecule has 0 aliphatic heterocycles. The Morgan fingerprint density at radius 3 is 2.44 bits per heavy atom. The molecule has 1 aromatic carbocycles. The minimum absolute atomic E-state index is 0.679. The second-order valence-electron chi connectivity index (χ2n) is 5.22. The second-order valence-corrected chi connectivity index (χ2v) is 5.22. The fourth-order valence-electron chi connectivity index (χ4n) is 1.74. The van der Waals surface area contributed by atoms with Crippen LogP contribution < -0.4 is 5.32 Å². The topological polar surface area (TPSA) is 15.3 Å². The van der Waals surface area contributed by atoms with Crippen LogP contribution in [0.5, 0.6) is 0 Å². The quantitative estimate of drug-likeness (QED) is 0.820. The number of hydrogen-bond acceptors (Lipinski definition) is 2. The van der Waals surface area contributed by atoms with Crippen molar-refractivity contribution < 1.29 is 0 Å². The maximum absolute atomic E-state index is 3.48. The number of rotatable bonds is 5. The van der Waals surface area contributed by atoms with Gasteiger partial charge in [0, 0.05) is 18.8 Å². The average molecular weight is 220 g/mol. The van der Waals surface area contributed by atoms with Gasteiger partial charge in [-0.15, -0.1) is 0 Å². The molecule has 90 valence electrons. The van der Waals surface area contributed by atoms with Crippen LogP contribution in [0.2, 0.25) is 0 Å². The van der Waals surface area contributed by atoms with Gasteiger partial charge in [-0.1, -0.05) is 19.9 Å². The number of nitrogens with one attached hydrogen (secondary N) is 1. The first kappa shape index (κ1) is 13.0. The highest BCUT2D eigenvalue weighted by atomic mass is 15.0. The molecule has 0 aliphatic carbocycles. The van der Waals surface area contributed by atoms with E-state index in [0.29, 0.717) is 5.92 Å². The lowest BCUT2D eigenvalue weighted by atomic mass is 10.1. The number of hydrogen-bond donors (Lipinski definition) is 1. The van der Waals surface area contributed by atoms with Crippen molar-refractivity contribution in [1.82, 2.24) is 4.90 Å². The van der Waals surface area contributed by atoms with Crippen LogP contribution in [0.25, 0.3) is 0 Å². The van der Waals surface area contributed by atoms with E-state index in [1.807, 2.05) is 0 Å². The Hall–Kier alpha value is -1.02. The number of aryl methyl sites for hydroxylation is 1. The van der Waals surface area contributed by atoms with Crippen LogP contribution in [0.3, 0.4) is 0 Å². The average Bonchev–Trinajstić information content (AvgIpc) is 2.12. The highest BCUT2D eigenvalue weighted by molar-refractivity contribution is 5.48. The molecule has 0 saturated heterocycles. The molecule has 1 aromatic rings. The van der Waals surface area contributed by atoms with Gasteiger partial charge >= 0.3 is 0 Å². The largest absolute Gasteiger partial charge is 0.385 e. The van der Waals surface area contributed by atoms with Crippen molar-refractivity contribution in [3.05, 3.63) is 29.3 Å². The molecule has 0 fully saturated rings. The van der Waals surface area contributed by atoms with E-state index in [4.69, 9.17) is 0 Å². The molecule has 0 saturated carbocycles. The minimum atomic E-state index is 0.679. The van der Waals surface area contributed by atoms with Crippen molar-refractivity contribution in [1.29, 1.82) is 0 Å².